The van der Waals surface area contributed by atoms with E-state index in [-0.39, 0.29) is 0 Å². The van der Waals surface area contributed by atoms with Crippen molar-refractivity contribution in [2.75, 3.05) is 13.1 Å². The lowest BCUT2D eigenvalue weighted by atomic mass is 9.86. The summed E-state index contributed by atoms with van der Waals surface area (Å²) in [5, 5.41) is 0. The Morgan fingerprint density at radius 2 is 2.07 bits per heavy atom. The van der Waals surface area contributed by atoms with Gasteiger partial charge in [0.15, 0.2) is 0 Å². The second kappa shape index (κ2) is 4.86. The summed E-state index contributed by atoms with van der Waals surface area (Å²) in [6, 6.07) is 0. The molecular formula is C13H23N. The van der Waals surface area contributed by atoms with Crippen molar-refractivity contribution in [3.05, 3.63) is 11.8 Å². The van der Waals surface area contributed by atoms with Gasteiger partial charge in [-0.05, 0) is 38.0 Å². The van der Waals surface area contributed by atoms with E-state index in [1.807, 2.05) is 0 Å². The van der Waals surface area contributed by atoms with Crippen LogP contribution in [-0.2, 0) is 0 Å². The molecule has 0 spiro atoms. The Bertz CT molecular complexity index is 199. The number of piperidine rings is 3. The van der Waals surface area contributed by atoms with E-state index in [2.05, 4.69) is 17.9 Å². The van der Waals surface area contributed by atoms with Crippen LogP contribution in [0.5, 0.6) is 0 Å². The third-order valence-corrected chi connectivity index (χ3v) is 3.71. The smallest absolute Gasteiger partial charge is 0.0177 e. The van der Waals surface area contributed by atoms with E-state index in [0.717, 1.165) is 5.92 Å². The number of hydrogen-bond acceptors (Lipinski definition) is 1. The maximum Gasteiger partial charge on any atom is 0.0177 e. The molecule has 0 saturated carbocycles. The van der Waals surface area contributed by atoms with Crippen LogP contribution >= 0.6 is 0 Å². The predicted octanol–water partition coefficient (Wildman–Crippen LogP) is 3.57. The Balaban J connectivity index is 1.79. The minimum absolute atomic E-state index is 1.03. The van der Waals surface area contributed by atoms with Gasteiger partial charge < -0.3 is 4.90 Å². The molecule has 0 N–H and O–H groups in total. The van der Waals surface area contributed by atoms with Crippen molar-refractivity contribution in [2.24, 2.45) is 5.92 Å². The lowest BCUT2D eigenvalue weighted by Crippen LogP contribution is -2.39. The summed E-state index contributed by atoms with van der Waals surface area (Å²) in [6.45, 7) is 4.95. The van der Waals surface area contributed by atoms with Crippen molar-refractivity contribution in [1.82, 2.24) is 4.90 Å². The molecule has 2 bridgehead atoms. The van der Waals surface area contributed by atoms with Crippen LogP contribution in [0.4, 0.5) is 0 Å². The van der Waals surface area contributed by atoms with E-state index in [1.54, 1.807) is 5.70 Å². The first-order valence-corrected chi connectivity index (χ1v) is 6.34. The number of fused-ring (bicyclic) bond motifs is 3. The van der Waals surface area contributed by atoms with E-state index < -0.39 is 0 Å². The number of rotatable bonds is 4. The lowest BCUT2D eigenvalue weighted by Gasteiger charge is -2.42. The van der Waals surface area contributed by atoms with E-state index in [9.17, 15) is 0 Å². The monoisotopic (exact) mass is 193 g/mol. The minimum Gasteiger partial charge on any atom is -0.375 e. The van der Waals surface area contributed by atoms with Gasteiger partial charge >= 0.3 is 0 Å². The highest BCUT2D eigenvalue weighted by Crippen LogP contribution is 2.34. The Morgan fingerprint density at radius 1 is 1.29 bits per heavy atom. The van der Waals surface area contributed by atoms with E-state index in [1.165, 1.54) is 58.0 Å². The van der Waals surface area contributed by atoms with E-state index in [0.29, 0.717) is 0 Å². The van der Waals surface area contributed by atoms with Crippen molar-refractivity contribution in [3.63, 3.8) is 0 Å². The van der Waals surface area contributed by atoms with E-state index in [4.69, 9.17) is 0 Å². The molecule has 3 heterocycles. The molecule has 0 radical (unpaired) electrons. The van der Waals surface area contributed by atoms with Crippen LogP contribution in [0.1, 0.15) is 51.9 Å². The normalized spacial score (nSPS) is 24.9. The van der Waals surface area contributed by atoms with Crippen molar-refractivity contribution in [3.8, 4) is 0 Å². The molecule has 0 aliphatic carbocycles. The van der Waals surface area contributed by atoms with Crippen LogP contribution in [0.3, 0.4) is 0 Å². The maximum atomic E-state index is 2.62. The molecule has 3 fully saturated rings. The number of hydrogen-bond donors (Lipinski definition) is 0. The van der Waals surface area contributed by atoms with Crippen molar-refractivity contribution < 1.29 is 0 Å². The number of nitrogens with zero attached hydrogens (tertiary/aromatic N) is 1. The third-order valence-electron chi connectivity index (χ3n) is 3.71. The van der Waals surface area contributed by atoms with Gasteiger partial charge in [-0.2, -0.15) is 0 Å². The zero-order valence-electron chi connectivity index (χ0n) is 9.47. The quantitative estimate of drug-likeness (QED) is 0.617. The zero-order chi connectivity index (χ0) is 9.80. The summed E-state index contributed by atoms with van der Waals surface area (Å²) in [5.41, 5.74) is 1.67. The van der Waals surface area contributed by atoms with Gasteiger partial charge in [0, 0.05) is 18.8 Å². The molecule has 0 amide bonds. The molecule has 0 aromatic rings. The maximum absolute atomic E-state index is 2.62. The van der Waals surface area contributed by atoms with Crippen LogP contribution in [-0.4, -0.2) is 18.0 Å². The molecule has 3 rings (SSSR count). The number of unbranched alkanes of at least 4 members (excludes halogenated alkanes) is 3. The van der Waals surface area contributed by atoms with Gasteiger partial charge in [-0.1, -0.05) is 25.8 Å². The van der Waals surface area contributed by atoms with Gasteiger partial charge in [0.25, 0.3) is 0 Å². The van der Waals surface area contributed by atoms with Crippen LogP contribution in [0.25, 0.3) is 0 Å². The molecule has 0 aromatic heterocycles. The predicted molar refractivity (Wildman–Crippen MR) is 61.1 cm³/mol. The first kappa shape index (κ1) is 10.1. The van der Waals surface area contributed by atoms with Gasteiger partial charge in [-0.25, -0.2) is 0 Å². The SMILES string of the molecule is CCCCCC=C1CC2CCN1CC2. The molecule has 0 unspecified atom stereocenters. The van der Waals surface area contributed by atoms with Gasteiger partial charge in [0.1, 0.15) is 0 Å². The van der Waals surface area contributed by atoms with Gasteiger partial charge in [-0.15, -0.1) is 0 Å². The average Bonchev–Trinajstić information content (AvgIpc) is 2.26. The molecule has 3 aliphatic heterocycles. The summed E-state index contributed by atoms with van der Waals surface area (Å²) in [6.07, 6.45) is 12.2. The highest BCUT2D eigenvalue weighted by molar-refractivity contribution is 5.08. The van der Waals surface area contributed by atoms with Crippen LogP contribution in [0.15, 0.2) is 11.8 Å². The highest BCUT2D eigenvalue weighted by Gasteiger charge is 2.27. The summed E-state index contributed by atoms with van der Waals surface area (Å²) in [4.78, 5) is 2.62. The fourth-order valence-corrected chi connectivity index (χ4v) is 2.72. The van der Waals surface area contributed by atoms with E-state index >= 15 is 0 Å². The van der Waals surface area contributed by atoms with Crippen LogP contribution in [0.2, 0.25) is 0 Å². The van der Waals surface area contributed by atoms with Crippen molar-refractivity contribution in [2.45, 2.75) is 51.9 Å². The fraction of sp³-hybridized carbons (Fsp3) is 0.846. The minimum atomic E-state index is 1.03. The Morgan fingerprint density at radius 3 is 2.64 bits per heavy atom. The second-order valence-corrected chi connectivity index (χ2v) is 4.83. The molecule has 1 nitrogen and oxygen atoms in total. The first-order valence-electron chi connectivity index (χ1n) is 6.34. The Kier molecular flexibility index (Phi) is 3.49. The molecule has 14 heavy (non-hydrogen) atoms. The average molecular weight is 193 g/mol. The zero-order valence-corrected chi connectivity index (χ0v) is 9.47. The Labute approximate surface area is 88.2 Å². The largest absolute Gasteiger partial charge is 0.375 e. The summed E-state index contributed by atoms with van der Waals surface area (Å²) in [7, 11) is 0. The summed E-state index contributed by atoms with van der Waals surface area (Å²) < 4.78 is 0. The molecule has 3 saturated heterocycles. The summed E-state index contributed by atoms with van der Waals surface area (Å²) >= 11 is 0. The lowest BCUT2D eigenvalue weighted by molar-refractivity contribution is 0.159. The molecule has 0 aromatic carbocycles. The molecule has 3 aliphatic rings. The third kappa shape index (κ3) is 2.31. The van der Waals surface area contributed by atoms with Crippen LogP contribution < -0.4 is 0 Å². The second-order valence-electron chi connectivity index (χ2n) is 4.83. The molecule has 0 atom stereocenters. The van der Waals surface area contributed by atoms with Gasteiger partial charge in [0.2, 0.25) is 0 Å². The first-order chi connectivity index (χ1) is 6.90. The van der Waals surface area contributed by atoms with Crippen molar-refractivity contribution in [1.29, 1.82) is 0 Å². The molecule has 1 heteroatoms. The summed E-state index contributed by atoms with van der Waals surface area (Å²) in [5.74, 6) is 1.03. The standard InChI is InChI=1S/C13H23N/c1-2-3-4-5-6-13-11-12-7-9-14(13)10-8-12/h6,12H,2-5,7-11H2,1H3. The topological polar surface area (TPSA) is 3.24 Å². The number of allylic oxidation sites excluding steroid dienone is 2. The molecule has 80 valence electrons. The Hall–Kier alpha value is -0.460. The fourth-order valence-electron chi connectivity index (χ4n) is 2.72. The van der Waals surface area contributed by atoms with Gasteiger partial charge in [-0.3, -0.25) is 0 Å². The van der Waals surface area contributed by atoms with Crippen molar-refractivity contribution >= 4 is 0 Å². The van der Waals surface area contributed by atoms with Gasteiger partial charge in [0.05, 0.1) is 0 Å². The molecular weight excluding hydrogens is 170 g/mol. The van der Waals surface area contributed by atoms with Crippen LogP contribution in [0, 0.1) is 5.92 Å². The highest BCUT2D eigenvalue weighted by atomic mass is 15.2.